The molecule has 0 aliphatic heterocycles. The first-order chi connectivity index (χ1) is 23.7. The lowest BCUT2D eigenvalue weighted by Gasteiger charge is -2.25. The number of hydrogen-bond acceptors (Lipinski definition) is 6. The molecule has 4 rings (SSSR count). The second-order valence-electron chi connectivity index (χ2n) is 13.8. The molecule has 0 aliphatic rings. The van der Waals surface area contributed by atoms with Crippen molar-refractivity contribution in [2.75, 3.05) is 13.2 Å². The molecule has 256 valence electrons. The highest BCUT2D eigenvalue weighted by molar-refractivity contribution is 5.98. The van der Waals surface area contributed by atoms with E-state index in [0.29, 0.717) is 42.9 Å². The fraction of sp³-hybridized carbons (Fsp3) is 0.372. The van der Waals surface area contributed by atoms with E-state index in [2.05, 4.69) is 33.8 Å². The van der Waals surface area contributed by atoms with E-state index in [0.717, 1.165) is 54.5 Å². The van der Waals surface area contributed by atoms with E-state index in [1.807, 2.05) is 84.9 Å². The van der Waals surface area contributed by atoms with E-state index in [4.69, 9.17) is 14.2 Å². The highest BCUT2D eigenvalue weighted by atomic mass is 16.5. The Morgan fingerprint density at radius 1 is 0.755 bits per heavy atom. The van der Waals surface area contributed by atoms with Gasteiger partial charge in [-0.3, -0.25) is 0 Å². The molecule has 4 aromatic rings. The zero-order valence-electron chi connectivity index (χ0n) is 29.3. The molecule has 6 nitrogen and oxygen atoms in total. The highest BCUT2D eigenvalue weighted by Gasteiger charge is 2.24. The first-order valence-corrected chi connectivity index (χ1v) is 17.4. The van der Waals surface area contributed by atoms with Gasteiger partial charge < -0.3 is 14.2 Å². The van der Waals surface area contributed by atoms with Crippen molar-refractivity contribution in [3.8, 4) is 28.7 Å². The lowest BCUT2D eigenvalue weighted by molar-refractivity contribution is 0.0495. The van der Waals surface area contributed by atoms with Gasteiger partial charge in [0.25, 0.3) is 0 Å². The van der Waals surface area contributed by atoms with E-state index in [9.17, 15) is 14.9 Å². The van der Waals surface area contributed by atoms with Gasteiger partial charge in [-0.1, -0.05) is 101 Å². The zero-order chi connectivity index (χ0) is 35.1. The van der Waals surface area contributed by atoms with Crippen LogP contribution in [0.4, 0.5) is 0 Å². The van der Waals surface area contributed by atoms with E-state index in [1.54, 1.807) is 18.2 Å². The molecule has 0 spiro atoms. The molecule has 1 unspecified atom stereocenters. The molecule has 6 heteroatoms. The fourth-order valence-electron chi connectivity index (χ4n) is 5.99. The van der Waals surface area contributed by atoms with Crippen LogP contribution in [0.15, 0.2) is 103 Å². The van der Waals surface area contributed by atoms with Gasteiger partial charge in [0.05, 0.1) is 30.4 Å². The summed E-state index contributed by atoms with van der Waals surface area (Å²) in [4.78, 5) is 25.8. The maximum atomic E-state index is 13.4. The number of benzene rings is 4. The number of carbonyl (C=O) groups is 2. The number of nitriles is 1. The molecule has 0 amide bonds. The van der Waals surface area contributed by atoms with Crippen molar-refractivity contribution in [1.82, 2.24) is 0 Å². The summed E-state index contributed by atoms with van der Waals surface area (Å²) in [6.07, 6.45) is 6.21. The van der Waals surface area contributed by atoms with Crippen molar-refractivity contribution in [3.05, 3.63) is 120 Å². The Bertz CT molecular complexity index is 1650. The van der Waals surface area contributed by atoms with Gasteiger partial charge in [-0.2, -0.15) is 5.26 Å². The maximum absolute atomic E-state index is 13.4. The minimum atomic E-state index is -0.435. The molecule has 2 atom stereocenters. The van der Waals surface area contributed by atoms with Crippen LogP contribution in [-0.2, 0) is 4.74 Å². The molecule has 0 N–H and O–H groups in total. The third kappa shape index (κ3) is 11.9. The predicted molar refractivity (Wildman–Crippen MR) is 195 cm³/mol. The minimum Gasteiger partial charge on any atom is -0.494 e. The number of ether oxygens (including phenoxy) is 3. The van der Waals surface area contributed by atoms with Crippen molar-refractivity contribution in [2.24, 2.45) is 11.3 Å². The molecule has 49 heavy (non-hydrogen) atoms. The van der Waals surface area contributed by atoms with E-state index in [1.165, 1.54) is 0 Å². The highest BCUT2D eigenvalue weighted by Crippen LogP contribution is 2.35. The largest absolute Gasteiger partial charge is 0.494 e. The van der Waals surface area contributed by atoms with E-state index >= 15 is 0 Å². The van der Waals surface area contributed by atoms with Crippen LogP contribution in [0.1, 0.15) is 105 Å². The summed E-state index contributed by atoms with van der Waals surface area (Å²) in [7, 11) is 0. The topological polar surface area (TPSA) is 85.6 Å². The molecule has 0 fully saturated rings. The molecular formula is C43H49NO5. The molecule has 4 aromatic carbocycles. The molecule has 0 aromatic heterocycles. The third-order valence-electron chi connectivity index (χ3n) is 8.44. The van der Waals surface area contributed by atoms with Crippen molar-refractivity contribution in [3.63, 3.8) is 0 Å². The molecule has 0 bridgehead atoms. The molecule has 0 heterocycles. The Labute approximate surface area is 292 Å². The number of unbranched alkanes of at least 4 members (excludes halogenated alkanes) is 2. The van der Waals surface area contributed by atoms with Crippen LogP contribution in [0.5, 0.6) is 11.5 Å². The number of hydrogen-bond donors (Lipinski definition) is 0. The summed E-state index contributed by atoms with van der Waals surface area (Å²) in [5.41, 5.74) is 3.78. The van der Waals surface area contributed by atoms with Crippen LogP contribution in [0, 0.1) is 22.7 Å². The summed E-state index contributed by atoms with van der Waals surface area (Å²) in [5.74, 6) is 0.442. The van der Waals surface area contributed by atoms with Gasteiger partial charge in [-0.25, -0.2) is 9.59 Å². The van der Waals surface area contributed by atoms with Gasteiger partial charge in [0.15, 0.2) is 0 Å². The second kappa shape index (κ2) is 18.6. The van der Waals surface area contributed by atoms with Crippen molar-refractivity contribution >= 4 is 11.9 Å². The van der Waals surface area contributed by atoms with Crippen LogP contribution < -0.4 is 9.47 Å². The number of nitrogens with zero attached hydrogens (tertiary/aromatic N) is 1. The SMILES string of the molecule is CCCCCOc1ccc(-c2ccccc2C(=O)Oc2ccc(C(CCCOC(=O)c3ccccc3)C[C@@H](C#N)CC(C)(C)C)cc2)cc1. The van der Waals surface area contributed by atoms with Crippen LogP contribution in [0.25, 0.3) is 11.1 Å². The maximum Gasteiger partial charge on any atom is 0.344 e. The summed E-state index contributed by atoms with van der Waals surface area (Å²) < 4.78 is 17.3. The third-order valence-corrected chi connectivity index (χ3v) is 8.44. The molecule has 0 saturated heterocycles. The first kappa shape index (κ1) is 36.9. The van der Waals surface area contributed by atoms with Gasteiger partial charge in [-0.15, -0.1) is 0 Å². The number of esters is 2. The normalized spacial score (nSPS) is 12.4. The number of rotatable bonds is 17. The number of carbonyl (C=O) groups excluding carboxylic acids is 2. The summed E-state index contributed by atoms with van der Waals surface area (Å²) in [6, 6.07) is 34.3. The van der Waals surface area contributed by atoms with Gasteiger partial charge >= 0.3 is 11.9 Å². The summed E-state index contributed by atoms with van der Waals surface area (Å²) >= 11 is 0. The Kier molecular flexibility index (Phi) is 14.0. The van der Waals surface area contributed by atoms with Crippen molar-refractivity contribution in [1.29, 1.82) is 5.26 Å². The van der Waals surface area contributed by atoms with Gasteiger partial charge in [0.1, 0.15) is 11.5 Å². The first-order valence-electron chi connectivity index (χ1n) is 17.4. The fourth-order valence-corrected chi connectivity index (χ4v) is 5.99. The van der Waals surface area contributed by atoms with Crippen molar-refractivity contribution in [2.45, 2.75) is 78.6 Å². The smallest absolute Gasteiger partial charge is 0.344 e. The molecule has 0 saturated carbocycles. The molecule has 0 radical (unpaired) electrons. The van der Waals surface area contributed by atoms with E-state index < -0.39 is 5.97 Å². The van der Waals surface area contributed by atoms with Crippen LogP contribution in [0.3, 0.4) is 0 Å². The monoisotopic (exact) mass is 659 g/mol. The van der Waals surface area contributed by atoms with Gasteiger partial charge in [-0.05, 0) is 103 Å². The van der Waals surface area contributed by atoms with Crippen LogP contribution >= 0.6 is 0 Å². The summed E-state index contributed by atoms with van der Waals surface area (Å²) in [6.45, 7) is 9.60. The average Bonchev–Trinajstić information content (AvgIpc) is 3.11. The second-order valence-corrected chi connectivity index (χ2v) is 13.8. The predicted octanol–water partition coefficient (Wildman–Crippen LogP) is 10.8. The van der Waals surface area contributed by atoms with Crippen molar-refractivity contribution < 1.29 is 23.8 Å². The molecule has 0 aliphatic carbocycles. The van der Waals surface area contributed by atoms with Crippen LogP contribution in [0.2, 0.25) is 0 Å². The Morgan fingerprint density at radius 3 is 2.10 bits per heavy atom. The zero-order valence-corrected chi connectivity index (χ0v) is 29.3. The lowest BCUT2D eigenvalue weighted by atomic mass is 9.78. The Balaban J connectivity index is 1.42. The Morgan fingerprint density at radius 2 is 1.43 bits per heavy atom. The minimum absolute atomic E-state index is 0.0224. The van der Waals surface area contributed by atoms with Gasteiger partial charge in [0.2, 0.25) is 0 Å². The standard InChI is InChI=1S/C43H49NO5/c1-5-6-12-27-47-37-23-21-34(22-24-37)39-17-10-11-18-40(39)42(46)49-38-25-19-33(20-26-38)36(29-32(31-44)30-43(2,3)4)16-13-28-48-41(45)35-14-8-7-9-15-35/h7-11,14-15,17-26,32,36H,5-6,12-13,16,27-30H2,1-4H3/t32-,36?/m1/s1. The van der Waals surface area contributed by atoms with Gasteiger partial charge in [0, 0.05) is 5.92 Å². The lowest BCUT2D eigenvalue weighted by Crippen LogP contribution is -2.16. The quantitative estimate of drug-likeness (QED) is 0.0637. The average molecular weight is 660 g/mol. The Hall–Kier alpha value is -4.89. The van der Waals surface area contributed by atoms with Crippen LogP contribution in [-0.4, -0.2) is 25.2 Å². The van der Waals surface area contributed by atoms with E-state index in [-0.39, 0.29) is 23.2 Å². The summed E-state index contributed by atoms with van der Waals surface area (Å²) in [5, 5.41) is 9.99. The molecular weight excluding hydrogens is 610 g/mol.